The second kappa shape index (κ2) is 7.67. The van der Waals surface area contributed by atoms with E-state index in [1.54, 1.807) is 0 Å². The van der Waals surface area contributed by atoms with Crippen molar-refractivity contribution in [2.45, 2.75) is 18.9 Å². The molecule has 1 fully saturated rings. The van der Waals surface area contributed by atoms with E-state index in [9.17, 15) is 9.59 Å². The molecule has 0 unspecified atom stereocenters. The Morgan fingerprint density at radius 3 is 2.72 bits per heavy atom. The molecule has 3 rings (SSSR count). The molecule has 1 atom stereocenters. The predicted molar refractivity (Wildman–Crippen MR) is 101 cm³/mol. The average molecular weight is 358 g/mol. The third-order valence-electron chi connectivity index (χ3n) is 4.23. The average Bonchev–Trinajstić information content (AvgIpc) is 2.99. The van der Waals surface area contributed by atoms with Gasteiger partial charge in [0.15, 0.2) is 0 Å². The minimum absolute atomic E-state index is 0.118. The number of benzene rings is 1. The zero-order valence-electron chi connectivity index (χ0n) is 14.1. The number of likely N-dealkylation sites (tertiary alicyclic amines) is 1. The lowest BCUT2D eigenvalue weighted by molar-refractivity contribution is 0.0914. The number of nitrogens with zero attached hydrogens (tertiary/aromatic N) is 1. The molecule has 1 aliphatic rings. The molecule has 132 valence electrons. The van der Waals surface area contributed by atoms with Crippen molar-refractivity contribution in [2.24, 2.45) is 5.73 Å². The van der Waals surface area contributed by atoms with Crippen LogP contribution < -0.4 is 16.4 Å². The van der Waals surface area contributed by atoms with Crippen LogP contribution in [0.1, 0.15) is 23.2 Å². The van der Waals surface area contributed by atoms with Crippen molar-refractivity contribution in [3.8, 4) is 10.4 Å². The fraction of sp³-hybridized carbons (Fsp3) is 0.333. The van der Waals surface area contributed by atoms with Gasteiger partial charge in [0, 0.05) is 17.5 Å². The van der Waals surface area contributed by atoms with Gasteiger partial charge in [0.2, 0.25) is 0 Å². The molecule has 3 amide bonds. The first-order valence-corrected chi connectivity index (χ1v) is 9.09. The first kappa shape index (κ1) is 17.4. The first-order valence-electron chi connectivity index (χ1n) is 8.28. The Kier molecular flexibility index (Phi) is 5.35. The third kappa shape index (κ3) is 4.37. The zero-order valence-corrected chi connectivity index (χ0v) is 14.9. The molecule has 0 bridgehead atoms. The molecular weight excluding hydrogens is 336 g/mol. The Bertz CT molecular complexity index is 760. The maximum Gasteiger partial charge on any atom is 0.317 e. The van der Waals surface area contributed by atoms with Gasteiger partial charge in [-0.2, -0.15) is 0 Å². The van der Waals surface area contributed by atoms with Gasteiger partial charge in [-0.05, 0) is 38.1 Å². The Labute approximate surface area is 151 Å². The van der Waals surface area contributed by atoms with E-state index >= 15 is 0 Å². The molecule has 2 heterocycles. The van der Waals surface area contributed by atoms with Crippen LogP contribution in [0.25, 0.3) is 10.4 Å². The van der Waals surface area contributed by atoms with Crippen LogP contribution in [0.3, 0.4) is 0 Å². The molecular formula is C18H22N4O2S. The van der Waals surface area contributed by atoms with Crippen LogP contribution in [-0.4, -0.2) is 43.0 Å². The van der Waals surface area contributed by atoms with Gasteiger partial charge in [-0.1, -0.05) is 30.3 Å². The Hall–Kier alpha value is -2.38. The van der Waals surface area contributed by atoms with Crippen LogP contribution in [0.15, 0.2) is 36.4 Å². The van der Waals surface area contributed by atoms with Crippen molar-refractivity contribution in [1.82, 2.24) is 10.2 Å². The number of thiophene rings is 1. The summed E-state index contributed by atoms with van der Waals surface area (Å²) in [6.07, 6.45) is 2.02. The lowest BCUT2D eigenvalue weighted by Crippen LogP contribution is -2.46. The maximum atomic E-state index is 12.8. The van der Waals surface area contributed by atoms with Gasteiger partial charge in [0.1, 0.15) is 5.00 Å². The molecule has 1 aliphatic heterocycles. The highest BCUT2D eigenvalue weighted by molar-refractivity contribution is 7.20. The summed E-state index contributed by atoms with van der Waals surface area (Å²) in [6.45, 7) is 1.89. The van der Waals surface area contributed by atoms with Crippen molar-refractivity contribution < 1.29 is 9.59 Å². The van der Waals surface area contributed by atoms with Crippen molar-refractivity contribution in [1.29, 1.82) is 0 Å². The highest BCUT2D eigenvalue weighted by atomic mass is 32.1. The van der Waals surface area contributed by atoms with Crippen LogP contribution in [0.4, 0.5) is 9.80 Å². The number of nitrogens with two attached hydrogens (primary N) is 1. The van der Waals surface area contributed by atoms with Gasteiger partial charge < -0.3 is 16.0 Å². The third-order valence-corrected chi connectivity index (χ3v) is 5.33. The van der Waals surface area contributed by atoms with Gasteiger partial charge in [0.05, 0.1) is 5.56 Å². The molecule has 4 N–H and O–H groups in total. The smallest absolute Gasteiger partial charge is 0.317 e. The largest absolute Gasteiger partial charge is 0.351 e. The summed E-state index contributed by atoms with van der Waals surface area (Å²) in [5.41, 5.74) is 6.71. The number of rotatable bonds is 4. The molecule has 25 heavy (non-hydrogen) atoms. The van der Waals surface area contributed by atoms with Crippen LogP contribution in [0.5, 0.6) is 0 Å². The molecule has 0 spiro atoms. The number of primary amides is 1. The Morgan fingerprint density at radius 1 is 1.28 bits per heavy atom. The first-order chi connectivity index (χ1) is 12.0. The van der Waals surface area contributed by atoms with Crippen molar-refractivity contribution in [2.75, 3.05) is 25.5 Å². The SMILES string of the molecule is CN1CCC[C@H](NC(=O)c2cc(-c3ccccc3)sc2NC(N)=O)C1. The van der Waals surface area contributed by atoms with Crippen LogP contribution in [0, 0.1) is 0 Å². The number of carbonyl (C=O) groups is 2. The zero-order chi connectivity index (χ0) is 17.8. The van der Waals surface area contributed by atoms with Gasteiger partial charge in [-0.15, -0.1) is 11.3 Å². The summed E-state index contributed by atoms with van der Waals surface area (Å²) in [5.74, 6) is -0.178. The summed E-state index contributed by atoms with van der Waals surface area (Å²) in [6, 6.07) is 11.0. The summed E-state index contributed by atoms with van der Waals surface area (Å²) in [4.78, 5) is 27.2. The predicted octanol–water partition coefficient (Wildman–Crippen LogP) is 2.73. The van der Waals surface area contributed by atoms with Gasteiger partial charge in [-0.3, -0.25) is 10.1 Å². The maximum absolute atomic E-state index is 12.8. The number of nitrogens with one attached hydrogen (secondary N) is 2. The Morgan fingerprint density at radius 2 is 2.04 bits per heavy atom. The summed E-state index contributed by atoms with van der Waals surface area (Å²) >= 11 is 1.35. The number of anilines is 1. The van der Waals surface area contributed by atoms with E-state index in [0.29, 0.717) is 10.6 Å². The van der Waals surface area contributed by atoms with Crippen molar-refractivity contribution in [3.63, 3.8) is 0 Å². The minimum atomic E-state index is -0.673. The second-order valence-corrected chi connectivity index (χ2v) is 7.34. The van der Waals surface area contributed by atoms with E-state index in [1.807, 2.05) is 36.4 Å². The van der Waals surface area contributed by atoms with E-state index in [4.69, 9.17) is 5.73 Å². The summed E-state index contributed by atoms with van der Waals surface area (Å²) in [7, 11) is 2.05. The van der Waals surface area contributed by atoms with Crippen molar-refractivity contribution in [3.05, 3.63) is 42.0 Å². The van der Waals surface area contributed by atoms with E-state index < -0.39 is 6.03 Å². The van der Waals surface area contributed by atoms with Crippen LogP contribution >= 0.6 is 11.3 Å². The molecule has 7 heteroatoms. The number of carbonyl (C=O) groups excluding carboxylic acids is 2. The summed E-state index contributed by atoms with van der Waals surface area (Å²) < 4.78 is 0. The quantitative estimate of drug-likeness (QED) is 0.785. The van der Waals surface area contributed by atoms with Gasteiger partial charge in [0.25, 0.3) is 5.91 Å². The molecule has 0 aliphatic carbocycles. The van der Waals surface area contributed by atoms with E-state index in [0.717, 1.165) is 36.4 Å². The highest BCUT2D eigenvalue weighted by Crippen LogP contribution is 2.35. The highest BCUT2D eigenvalue weighted by Gasteiger charge is 2.23. The topological polar surface area (TPSA) is 87.5 Å². The monoisotopic (exact) mass is 358 g/mol. The van der Waals surface area contributed by atoms with Crippen molar-refractivity contribution >= 4 is 28.3 Å². The molecule has 1 saturated heterocycles. The van der Waals surface area contributed by atoms with E-state index in [1.165, 1.54) is 11.3 Å². The molecule has 1 aromatic heterocycles. The van der Waals surface area contributed by atoms with Crippen LogP contribution in [0.2, 0.25) is 0 Å². The van der Waals surface area contributed by atoms with E-state index in [2.05, 4.69) is 22.6 Å². The molecule has 6 nitrogen and oxygen atoms in total. The number of likely N-dealkylation sites (N-methyl/N-ethyl adjacent to an activating group) is 1. The molecule has 0 saturated carbocycles. The number of piperidine rings is 1. The fourth-order valence-corrected chi connectivity index (χ4v) is 4.12. The van der Waals surface area contributed by atoms with Gasteiger partial charge >= 0.3 is 6.03 Å². The lowest BCUT2D eigenvalue weighted by atomic mass is 10.1. The number of hydrogen-bond donors (Lipinski definition) is 3. The molecule has 1 aromatic carbocycles. The number of urea groups is 1. The number of amides is 3. The minimum Gasteiger partial charge on any atom is -0.351 e. The molecule has 2 aromatic rings. The number of hydrogen-bond acceptors (Lipinski definition) is 4. The van der Waals surface area contributed by atoms with Gasteiger partial charge in [-0.25, -0.2) is 4.79 Å². The lowest BCUT2D eigenvalue weighted by Gasteiger charge is -2.30. The fourth-order valence-electron chi connectivity index (χ4n) is 3.06. The van der Waals surface area contributed by atoms with E-state index in [-0.39, 0.29) is 11.9 Å². The normalized spacial score (nSPS) is 17.9. The van der Waals surface area contributed by atoms with Crippen LogP contribution in [-0.2, 0) is 0 Å². The molecule has 0 radical (unpaired) electrons. The standard InChI is InChI=1S/C18H22N4O2S/c1-22-9-5-8-13(11-22)20-16(23)14-10-15(12-6-3-2-4-7-12)25-17(14)21-18(19)24/h2-4,6-7,10,13H,5,8-9,11H2,1H3,(H,20,23)(H3,19,21,24)/t13-/m0/s1. The Balaban J connectivity index is 1.84. The summed E-state index contributed by atoms with van der Waals surface area (Å²) in [5, 5.41) is 6.13. The second-order valence-electron chi connectivity index (χ2n) is 6.28.